The standard InChI is InChI=1S/C21H20/c1-2-8-19-11-6-7-12-21(19)20-15-13-18(14-16-20)17-9-4-3-5-10-17/h3-7,9-16H,2,8H2,1H3. The van der Waals surface area contributed by atoms with Gasteiger partial charge in [0.15, 0.2) is 0 Å². The van der Waals surface area contributed by atoms with Crippen LogP contribution in [0.25, 0.3) is 22.3 Å². The first-order chi connectivity index (χ1) is 10.4. The summed E-state index contributed by atoms with van der Waals surface area (Å²) >= 11 is 0. The average Bonchev–Trinajstić information content (AvgIpc) is 2.57. The van der Waals surface area contributed by atoms with Crippen molar-refractivity contribution in [3.05, 3.63) is 84.4 Å². The van der Waals surface area contributed by atoms with Gasteiger partial charge in [-0.05, 0) is 34.2 Å². The molecular formula is C21H20. The Morgan fingerprint density at radius 2 is 1.14 bits per heavy atom. The Hall–Kier alpha value is -2.34. The lowest BCUT2D eigenvalue weighted by Crippen LogP contribution is -1.89. The lowest BCUT2D eigenvalue weighted by atomic mass is 9.95. The summed E-state index contributed by atoms with van der Waals surface area (Å²) < 4.78 is 0. The molecule has 0 N–H and O–H groups in total. The molecule has 3 rings (SSSR count). The minimum atomic E-state index is 1.14. The van der Waals surface area contributed by atoms with Crippen LogP contribution < -0.4 is 0 Å². The molecule has 0 radical (unpaired) electrons. The average molecular weight is 272 g/mol. The van der Waals surface area contributed by atoms with E-state index in [4.69, 9.17) is 0 Å². The van der Waals surface area contributed by atoms with E-state index in [1.807, 2.05) is 0 Å². The summed E-state index contributed by atoms with van der Waals surface area (Å²) in [4.78, 5) is 0. The molecule has 0 amide bonds. The third-order valence-electron chi connectivity index (χ3n) is 3.84. The minimum Gasteiger partial charge on any atom is -0.0651 e. The van der Waals surface area contributed by atoms with Crippen molar-refractivity contribution in [2.45, 2.75) is 19.8 Å². The van der Waals surface area contributed by atoms with Crippen LogP contribution >= 0.6 is 0 Å². The van der Waals surface area contributed by atoms with Crippen molar-refractivity contribution >= 4 is 0 Å². The molecule has 0 saturated heterocycles. The maximum Gasteiger partial charge on any atom is -0.0152 e. The fourth-order valence-corrected chi connectivity index (χ4v) is 2.76. The number of benzene rings is 3. The molecule has 0 aliphatic heterocycles. The molecule has 0 atom stereocenters. The van der Waals surface area contributed by atoms with E-state index in [-0.39, 0.29) is 0 Å². The van der Waals surface area contributed by atoms with Gasteiger partial charge in [-0.25, -0.2) is 0 Å². The van der Waals surface area contributed by atoms with E-state index in [1.165, 1.54) is 34.2 Å². The highest BCUT2D eigenvalue weighted by molar-refractivity contribution is 5.72. The second-order valence-electron chi connectivity index (χ2n) is 5.35. The van der Waals surface area contributed by atoms with Gasteiger partial charge in [0.1, 0.15) is 0 Å². The summed E-state index contributed by atoms with van der Waals surface area (Å²) in [6, 6.07) is 28.1. The maximum absolute atomic E-state index is 2.24. The smallest absolute Gasteiger partial charge is 0.0152 e. The van der Waals surface area contributed by atoms with Crippen LogP contribution in [0.4, 0.5) is 0 Å². The van der Waals surface area contributed by atoms with Crippen molar-refractivity contribution in [3.8, 4) is 22.3 Å². The molecule has 3 aromatic rings. The van der Waals surface area contributed by atoms with Gasteiger partial charge < -0.3 is 0 Å². The van der Waals surface area contributed by atoms with Gasteiger partial charge in [-0.2, -0.15) is 0 Å². The van der Waals surface area contributed by atoms with E-state index in [1.54, 1.807) is 0 Å². The number of aryl methyl sites for hydroxylation is 1. The van der Waals surface area contributed by atoms with Crippen molar-refractivity contribution in [1.29, 1.82) is 0 Å². The van der Waals surface area contributed by atoms with Gasteiger partial charge in [-0.1, -0.05) is 92.2 Å². The summed E-state index contributed by atoms with van der Waals surface area (Å²) in [6.45, 7) is 2.23. The second kappa shape index (κ2) is 6.41. The van der Waals surface area contributed by atoms with Crippen LogP contribution in [-0.4, -0.2) is 0 Å². The first kappa shape index (κ1) is 13.6. The third kappa shape index (κ3) is 3.05. The molecule has 21 heavy (non-hydrogen) atoms. The fourth-order valence-electron chi connectivity index (χ4n) is 2.76. The molecule has 0 heterocycles. The highest BCUT2D eigenvalue weighted by atomic mass is 14.1. The van der Waals surface area contributed by atoms with Crippen LogP contribution in [-0.2, 0) is 6.42 Å². The molecule has 0 spiro atoms. The molecule has 0 unspecified atom stereocenters. The SMILES string of the molecule is CCCc1ccccc1-c1ccc(-c2ccccc2)cc1. The summed E-state index contributed by atoms with van der Waals surface area (Å²) in [7, 11) is 0. The Kier molecular flexibility index (Phi) is 4.16. The fraction of sp³-hybridized carbons (Fsp3) is 0.143. The molecule has 0 aromatic heterocycles. The van der Waals surface area contributed by atoms with Crippen molar-refractivity contribution in [2.75, 3.05) is 0 Å². The Morgan fingerprint density at radius 3 is 1.86 bits per heavy atom. The van der Waals surface area contributed by atoms with E-state index in [0.717, 1.165) is 6.42 Å². The molecule has 0 aliphatic rings. The van der Waals surface area contributed by atoms with Crippen LogP contribution in [0.3, 0.4) is 0 Å². The lowest BCUT2D eigenvalue weighted by molar-refractivity contribution is 0.923. The third-order valence-corrected chi connectivity index (χ3v) is 3.84. The predicted molar refractivity (Wildman–Crippen MR) is 91.3 cm³/mol. The number of hydrogen-bond acceptors (Lipinski definition) is 0. The van der Waals surface area contributed by atoms with Crippen LogP contribution in [0.2, 0.25) is 0 Å². The van der Waals surface area contributed by atoms with Crippen molar-refractivity contribution in [1.82, 2.24) is 0 Å². The first-order valence-electron chi connectivity index (χ1n) is 7.62. The Morgan fingerprint density at radius 1 is 0.571 bits per heavy atom. The molecule has 3 aromatic carbocycles. The molecule has 0 heteroatoms. The maximum atomic E-state index is 2.24. The van der Waals surface area contributed by atoms with Crippen molar-refractivity contribution in [3.63, 3.8) is 0 Å². The van der Waals surface area contributed by atoms with Gasteiger partial charge in [-0.3, -0.25) is 0 Å². The zero-order chi connectivity index (χ0) is 14.5. The van der Waals surface area contributed by atoms with Gasteiger partial charge in [0.05, 0.1) is 0 Å². The largest absolute Gasteiger partial charge is 0.0651 e. The van der Waals surface area contributed by atoms with Crippen molar-refractivity contribution < 1.29 is 0 Å². The second-order valence-corrected chi connectivity index (χ2v) is 5.35. The summed E-state index contributed by atoms with van der Waals surface area (Å²) in [6.07, 6.45) is 2.32. The van der Waals surface area contributed by atoms with E-state index >= 15 is 0 Å². The molecule has 104 valence electrons. The van der Waals surface area contributed by atoms with Gasteiger partial charge in [0.2, 0.25) is 0 Å². The Labute approximate surface area is 127 Å². The summed E-state index contributed by atoms with van der Waals surface area (Å²) in [5, 5.41) is 0. The van der Waals surface area contributed by atoms with E-state index in [0.29, 0.717) is 0 Å². The van der Waals surface area contributed by atoms with Crippen LogP contribution in [0.5, 0.6) is 0 Å². The van der Waals surface area contributed by atoms with E-state index < -0.39 is 0 Å². The zero-order valence-electron chi connectivity index (χ0n) is 12.4. The number of hydrogen-bond donors (Lipinski definition) is 0. The summed E-state index contributed by atoms with van der Waals surface area (Å²) in [5.41, 5.74) is 6.64. The quantitative estimate of drug-likeness (QED) is 0.548. The van der Waals surface area contributed by atoms with Crippen molar-refractivity contribution in [2.24, 2.45) is 0 Å². The van der Waals surface area contributed by atoms with Crippen LogP contribution in [0.15, 0.2) is 78.9 Å². The monoisotopic (exact) mass is 272 g/mol. The Bertz CT molecular complexity index is 694. The topological polar surface area (TPSA) is 0 Å². The Balaban J connectivity index is 1.95. The van der Waals surface area contributed by atoms with E-state index in [2.05, 4.69) is 85.8 Å². The van der Waals surface area contributed by atoms with Crippen LogP contribution in [0.1, 0.15) is 18.9 Å². The van der Waals surface area contributed by atoms with E-state index in [9.17, 15) is 0 Å². The first-order valence-corrected chi connectivity index (χ1v) is 7.62. The highest BCUT2D eigenvalue weighted by Gasteiger charge is 2.04. The summed E-state index contributed by atoms with van der Waals surface area (Å²) in [5.74, 6) is 0. The normalized spacial score (nSPS) is 10.5. The highest BCUT2D eigenvalue weighted by Crippen LogP contribution is 2.27. The van der Waals surface area contributed by atoms with Gasteiger partial charge in [-0.15, -0.1) is 0 Å². The molecule has 0 saturated carbocycles. The predicted octanol–water partition coefficient (Wildman–Crippen LogP) is 5.97. The molecule has 0 aliphatic carbocycles. The van der Waals surface area contributed by atoms with Gasteiger partial charge >= 0.3 is 0 Å². The number of rotatable bonds is 4. The van der Waals surface area contributed by atoms with Gasteiger partial charge in [0.25, 0.3) is 0 Å². The molecule has 0 fully saturated rings. The molecular weight excluding hydrogens is 252 g/mol. The zero-order valence-corrected chi connectivity index (χ0v) is 12.4. The van der Waals surface area contributed by atoms with Gasteiger partial charge in [0, 0.05) is 0 Å². The minimum absolute atomic E-state index is 1.14. The molecule has 0 nitrogen and oxygen atoms in total. The molecule has 0 bridgehead atoms. The van der Waals surface area contributed by atoms with Crippen LogP contribution in [0, 0.1) is 0 Å². The lowest BCUT2D eigenvalue weighted by Gasteiger charge is -2.10.